The molecule has 2 heterocycles. The summed E-state index contributed by atoms with van der Waals surface area (Å²) in [6, 6.07) is 16.6. The molecule has 28 heavy (non-hydrogen) atoms. The average molecular weight is 391 g/mol. The molecule has 1 N–H and O–H groups in total. The SMILES string of the molecule is CC(c1cccnc1)N(C)c1nc(-c2ccccc2O)nc2cc(Cl)ccc12. The van der Waals surface area contributed by atoms with E-state index in [9.17, 15) is 5.11 Å². The molecule has 0 saturated heterocycles. The van der Waals surface area contributed by atoms with Crippen molar-refractivity contribution in [1.82, 2.24) is 15.0 Å². The van der Waals surface area contributed by atoms with Gasteiger partial charge in [0.05, 0.1) is 17.1 Å². The number of anilines is 1. The molecule has 6 heteroatoms. The lowest BCUT2D eigenvalue weighted by atomic mass is 10.1. The predicted octanol–water partition coefficient (Wildman–Crippen LogP) is 5.25. The van der Waals surface area contributed by atoms with Gasteiger partial charge in [-0.05, 0) is 48.9 Å². The Morgan fingerprint density at radius 2 is 1.86 bits per heavy atom. The number of para-hydroxylation sites is 1. The number of hydrogen-bond acceptors (Lipinski definition) is 5. The molecular formula is C22H19ClN4O. The van der Waals surface area contributed by atoms with Crippen LogP contribution in [0.15, 0.2) is 67.0 Å². The zero-order valence-corrected chi connectivity index (χ0v) is 16.3. The van der Waals surface area contributed by atoms with Crippen LogP contribution in [0.5, 0.6) is 5.75 Å². The summed E-state index contributed by atoms with van der Waals surface area (Å²) in [7, 11) is 1.99. The number of phenols is 1. The molecule has 0 aliphatic heterocycles. The quantitative estimate of drug-likeness (QED) is 0.515. The number of nitrogens with zero attached hydrogens (tertiary/aromatic N) is 4. The Hall–Kier alpha value is -3.18. The van der Waals surface area contributed by atoms with Crippen molar-refractivity contribution < 1.29 is 5.11 Å². The summed E-state index contributed by atoms with van der Waals surface area (Å²) in [6.45, 7) is 2.10. The highest BCUT2D eigenvalue weighted by Crippen LogP contribution is 2.34. The summed E-state index contributed by atoms with van der Waals surface area (Å²) < 4.78 is 0. The third-order valence-electron chi connectivity index (χ3n) is 4.87. The molecule has 2 aromatic carbocycles. The fourth-order valence-corrected chi connectivity index (χ4v) is 3.33. The summed E-state index contributed by atoms with van der Waals surface area (Å²) >= 11 is 6.21. The third-order valence-corrected chi connectivity index (χ3v) is 5.10. The Morgan fingerprint density at radius 3 is 2.61 bits per heavy atom. The number of aromatic nitrogens is 3. The molecule has 0 amide bonds. The van der Waals surface area contributed by atoms with Crippen molar-refractivity contribution in [2.75, 3.05) is 11.9 Å². The number of fused-ring (bicyclic) bond motifs is 1. The van der Waals surface area contributed by atoms with Gasteiger partial charge in [0.15, 0.2) is 5.82 Å². The second-order valence-corrected chi connectivity index (χ2v) is 7.06. The van der Waals surface area contributed by atoms with E-state index in [4.69, 9.17) is 16.6 Å². The number of halogens is 1. The zero-order valence-electron chi connectivity index (χ0n) is 15.5. The van der Waals surface area contributed by atoms with E-state index in [2.05, 4.69) is 21.8 Å². The first-order chi connectivity index (χ1) is 13.5. The van der Waals surface area contributed by atoms with Gasteiger partial charge in [0.2, 0.25) is 0 Å². The maximum Gasteiger partial charge on any atom is 0.165 e. The van der Waals surface area contributed by atoms with Crippen LogP contribution in [-0.4, -0.2) is 27.1 Å². The lowest BCUT2D eigenvalue weighted by molar-refractivity contribution is 0.477. The summed E-state index contributed by atoms with van der Waals surface area (Å²) in [5, 5.41) is 11.8. The molecule has 0 spiro atoms. The third kappa shape index (κ3) is 3.37. The molecular weight excluding hydrogens is 372 g/mol. The number of rotatable bonds is 4. The molecule has 0 fully saturated rings. The van der Waals surface area contributed by atoms with E-state index in [1.165, 1.54) is 0 Å². The Labute approximate surface area is 168 Å². The van der Waals surface area contributed by atoms with Gasteiger partial charge in [0.1, 0.15) is 11.6 Å². The van der Waals surface area contributed by atoms with E-state index >= 15 is 0 Å². The lowest BCUT2D eigenvalue weighted by Gasteiger charge is -2.27. The number of phenolic OH excluding ortho intramolecular Hbond substituents is 1. The van der Waals surface area contributed by atoms with Gasteiger partial charge < -0.3 is 10.0 Å². The van der Waals surface area contributed by atoms with Gasteiger partial charge in [-0.2, -0.15) is 0 Å². The fraction of sp³-hybridized carbons (Fsp3) is 0.136. The topological polar surface area (TPSA) is 62.1 Å². The highest BCUT2D eigenvalue weighted by Gasteiger charge is 2.19. The van der Waals surface area contributed by atoms with Crippen molar-refractivity contribution in [3.63, 3.8) is 0 Å². The summed E-state index contributed by atoms with van der Waals surface area (Å²) in [5.41, 5.74) is 2.38. The van der Waals surface area contributed by atoms with Crippen molar-refractivity contribution in [1.29, 1.82) is 0 Å². The molecule has 0 bridgehead atoms. The Bertz CT molecular complexity index is 1130. The Kier molecular flexibility index (Phi) is 4.84. The van der Waals surface area contributed by atoms with Crippen molar-refractivity contribution in [2.24, 2.45) is 0 Å². The second kappa shape index (κ2) is 7.44. The van der Waals surface area contributed by atoms with Crippen LogP contribution in [0.1, 0.15) is 18.5 Å². The largest absolute Gasteiger partial charge is 0.507 e. The number of aromatic hydroxyl groups is 1. The molecule has 0 radical (unpaired) electrons. The Morgan fingerprint density at radius 1 is 1.04 bits per heavy atom. The minimum Gasteiger partial charge on any atom is -0.507 e. The first-order valence-electron chi connectivity index (χ1n) is 8.93. The van der Waals surface area contributed by atoms with E-state index in [1.54, 1.807) is 24.4 Å². The van der Waals surface area contributed by atoms with Crippen molar-refractivity contribution in [3.05, 3.63) is 77.6 Å². The first-order valence-corrected chi connectivity index (χ1v) is 9.31. The van der Waals surface area contributed by atoms with Crippen LogP contribution in [0.2, 0.25) is 5.02 Å². The molecule has 0 aliphatic rings. The van der Waals surface area contributed by atoms with Gasteiger partial charge in [-0.1, -0.05) is 29.8 Å². The van der Waals surface area contributed by atoms with E-state index in [1.807, 2.05) is 49.6 Å². The van der Waals surface area contributed by atoms with Crippen molar-refractivity contribution >= 4 is 28.3 Å². The minimum absolute atomic E-state index is 0.0414. The molecule has 4 aromatic rings. The van der Waals surface area contributed by atoms with Gasteiger partial charge >= 0.3 is 0 Å². The predicted molar refractivity (Wildman–Crippen MR) is 113 cm³/mol. The number of benzene rings is 2. The molecule has 1 unspecified atom stereocenters. The number of pyridine rings is 1. The van der Waals surface area contributed by atoms with Gasteiger partial charge in [-0.15, -0.1) is 0 Å². The van der Waals surface area contributed by atoms with Crippen molar-refractivity contribution in [2.45, 2.75) is 13.0 Å². The van der Waals surface area contributed by atoms with Gasteiger partial charge in [0, 0.05) is 29.9 Å². The van der Waals surface area contributed by atoms with E-state index in [0.29, 0.717) is 16.4 Å². The highest BCUT2D eigenvalue weighted by molar-refractivity contribution is 6.31. The lowest BCUT2D eigenvalue weighted by Crippen LogP contribution is -2.23. The smallest absolute Gasteiger partial charge is 0.165 e. The molecule has 0 aliphatic carbocycles. The van der Waals surface area contributed by atoms with Crippen molar-refractivity contribution in [3.8, 4) is 17.1 Å². The summed E-state index contributed by atoms with van der Waals surface area (Å²) in [5.74, 6) is 1.35. The normalized spacial score (nSPS) is 12.1. The monoisotopic (exact) mass is 390 g/mol. The molecule has 2 aromatic heterocycles. The second-order valence-electron chi connectivity index (χ2n) is 6.62. The standard InChI is InChI=1S/C22H19ClN4O/c1-14(15-6-5-11-24-13-15)27(2)22-17-10-9-16(23)12-19(17)25-21(26-22)18-7-3-4-8-20(18)28/h3-14,28H,1-2H3. The van der Waals surface area contributed by atoms with Gasteiger partial charge in [0.25, 0.3) is 0 Å². The van der Waals surface area contributed by atoms with E-state index in [0.717, 1.165) is 22.3 Å². The van der Waals surface area contributed by atoms with Crippen LogP contribution in [0.4, 0.5) is 5.82 Å². The average Bonchev–Trinajstić information content (AvgIpc) is 2.72. The van der Waals surface area contributed by atoms with Crippen LogP contribution in [0.3, 0.4) is 0 Å². The molecule has 0 saturated carbocycles. The van der Waals surface area contributed by atoms with E-state index < -0.39 is 0 Å². The Balaban J connectivity index is 1.90. The van der Waals surface area contributed by atoms with E-state index in [-0.39, 0.29) is 11.8 Å². The number of hydrogen-bond donors (Lipinski definition) is 1. The molecule has 4 rings (SSSR count). The molecule has 140 valence electrons. The molecule has 5 nitrogen and oxygen atoms in total. The van der Waals surface area contributed by atoms with Crippen LogP contribution in [0.25, 0.3) is 22.3 Å². The zero-order chi connectivity index (χ0) is 19.7. The first kappa shape index (κ1) is 18.2. The fourth-order valence-electron chi connectivity index (χ4n) is 3.17. The maximum atomic E-state index is 10.3. The van der Waals surface area contributed by atoms with Crippen LogP contribution < -0.4 is 4.90 Å². The van der Waals surface area contributed by atoms with Crippen LogP contribution in [0, 0.1) is 0 Å². The highest BCUT2D eigenvalue weighted by atomic mass is 35.5. The van der Waals surface area contributed by atoms with Crippen LogP contribution >= 0.6 is 11.6 Å². The molecule has 1 atom stereocenters. The minimum atomic E-state index is 0.0414. The van der Waals surface area contributed by atoms with Crippen LogP contribution in [-0.2, 0) is 0 Å². The summed E-state index contributed by atoms with van der Waals surface area (Å²) in [6.07, 6.45) is 3.61. The maximum absolute atomic E-state index is 10.3. The van der Waals surface area contributed by atoms with Gasteiger partial charge in [-0.3, -0.25) is 4.98 Å². The van der Waals surface area contributed by atoms with Gasteiger partial charge in [-0.25, -0.2) is 9.97 Å². The summed E-state index contributed by atoms with van der Waals surface area (Å²) in [4.78, 5) is 15.8.